The third kappa shape index (κ3) is 2.69. The molecule has 1 aromatic rings. The van der Waals surface area contributed by atoms with Gasteiger partial charge in [-0.1, -0.05) is 6.92 Å². The molecule has 86 valence electrons. The quantitative estimate of drug-likeness (QED) is 0.789. The monoisotopic (exact) mass is 225 g/mol. The predicted octanol–water partition coefficient (Wildman–Crippen LogP) is 3.40. The number of nitrogens with zero attached hydrogens (tertiary/aromatic N) is 1. The summed E-state index contributed by atoms with van der Waals surface area (Å²) < 4.78 is 32.1. The fourth-order valence-electron chi connectivity index (χ4n) is 1.07. The average molecular weight is 225 g/mol. The van der Waals surface area contributed by atoms with Crippen LogP contribution in [0.4, 0.5) is 8.78 Å². The van der Waals surface area contributed by atoms with Crippen molar-refractivity contribution in [3.63, 3.8) is 0 Å². The zero-order valence-corrected chi connectivity index (χ0v) is 9.47. The van der Waals surface area contributed by atoms with Gasteiger partial charge in [0.2, 0.25) is 0 Å². The highest BCUT2D eigenvalue weighted by atomic mass is 19.1. The lowest BCUT2D eigenvalue weighted by Gasteiger charge is -2.25. The topological polar surface area (TPSA) is 33.0 Å². The number of ether oxygens (including phenoxy) is 1. The molecule has 16 heavy (non-hydrogen) atoms. The molecule has 1 rings (SSSR count). The van der Waals surface area contributed by atoms with E-state index in [1.54, 1.807) is 19.9 Å². The summed E-state index contributed by atoms with van der Waals surface area (Å²) in [5, 5.41) is 8.53. The summed E-state index contributed by atoms with van der Waals surface area (Å²) in [5.41, 5.74) is -0.702. The van der Waals surface area contributed by atoms with Gasteiger partial charge in [-0.3, -0.25) is 0 Å². The van der Waals surface area contributed by atoms with Crippen LogP contribution in [-0.4, -0.2) is 5.60 Å². The Labute approximate surface area is 93.5 Å². The SMILES string of the molecule is CCC(C)(C)Oc1c(F)cc(C#N)cc1F. The number of benzene rings is 1. The number of rotatable bonds is 3. The number of nitriles is 1. The lowest BCUT2D eigenvalue weighted by molar-refractivity contribution is 0.0935. The van der Waals surface area contributed by atoms with Crippen LogP contribution in [0, 0.1) is 23.0 Å². The smallest absolute Gasteiger partial charge is 0.191 e. The molecule has 1 aromatic carbocycles. The highest BCUT2D eigenvalue weighted by Gasteiger charge is 2.22. The summed E-state index contributed by atoms with van der Waals surface area (Å²) in [7, 11) is 0. The van der Waals surface area contributed by atoms with Crippen molar-refractivity contribution >= 4 is 0 Å². The maximum atomic E-state index is 13.4. The van der Waals surface area contributed by atoms with Crippen LogP contribution in [0.15, 0.2) is 12.1 Å². The zero-order valence-electron chi connectivity index (χ0n) is 9.47. The largest absolute Gasteiger partial charge is 0.482 e. The van der Waals surface area contributed by atoms with Gasteiger partial charge in [0.25, 0.3) is 0 Å². The molecule has 0 saturated heterocycles. The van der Waals surface area contributed by atoms with E-state index >= 15 is 0 Å². The Kier molecular flexibility index (Phi) is 3.48. The molecule has 0 aromatic heterocycles. The summed E-state index contributed by atoms with van der Waals surface area (Å²) in [6.07, 6.45) is 0.617. The maximum Gasteiger partial charge on any atom is 0.191 e. The molecule has 0 heterocycles. The van der Waals surface area contributed by atoms with Gasteiger partial charge in [-0.05, 0) is 32.4 Å². The second-order valence-corrected chi connectivity index (χ2v) is 4.10. The van der Waals surface area contributed by atoms with Gasteiger partial charge in [0.1, 0.15) is 5.60 Å². The van der Waals surface area contributed by atoms with Crippen LogP contribution >= 0.6 is 0 Å². The third-order valence-electron chi connectivity index (χ3n) is 2.36. The molecule has 0 aliphatic carbocycles. The van der Waals surface area contributed by atoms with Crippen LogP contribution in [0.1, 0.15) is 32.8 Å². The van der Waals surface area contributed by atoms with Crippen molar-refractivity contribution in [1.82, 2.24) is 0 Å². The highest BCUT2D eigenvalue weighted by molar-refractivity contribution is 5.37. The molecule has 0 saturated carbocycles. The van der Waals surface area contributed by atoms with Crippen LogP contribution in [0.25, 0.3) is 0 Å². The van der Waals surface area contributed by atoms with E-state index in [0.29, 0.717) is 6.42 Å². The van der Waals surface area contributed by atoms with Gasteiger partial charge in [-0.25, -0.2) is 8.78 Å². The van der Waals surface area contributed by atoms with E-state index in [2.05, 4.69) is 0 Å². The molecule has 0 unspecified atom stereocenters. The van der Waals surface area contributed by atoms with Gasteiger partial charge in [-0.15, -0.1) is 0 Å². The van der Waals surface area contributed by atoms with Crippen LogP contribution < -0.4 is 4.74 Å². The minimum absolute atomic E-state index is 0.0587. The van der Waals surface area contributed by atoms with Gasteiger partial charge < -0.3 is 4.74 Å². The van der Waals surface area contributed by atoms with Gasteiger partial charge in [0.05, 0.1) is 11.6 Å². The lowest BCUT2D eigenvalue weighted by Crippen LogP contribution is -2.27. The molecule has 0 fully saturated rings. The van der Waals surface area contributed by atoms with Crippen molar-refractivity contribution in [2.24, 2.45) is 0 Å². The molecular weight excluding hydrogens is 212 g/mol. The van der Waals surface area contributed by atoms with Crippen molar-refractivity contribution in [2.75, 3.05) is 0 Å². The minimum atomic E-state index is -0.849. The highest BCUT2D eigenvalue weighted by Crippen LogP contribution is 2.28. The zero-order chi connectivity index (χ0) is 12.3. The molecule has 2 nitrogen and oxygen atoms in total. The first-order valence-corrected chi connectivity index (χ1v) is 4.98. The standard InChI is InChI=1S/C12H13F2NO/c1-4-12(2,3)16-11-9(13)5-8(7-15)6-10(11)14/h5-6H,4H2,1-3H3. The van der Waals surface area contributed by atoms with Crippen LogP contribution in [0.3, 0.4) is 0 Å². The van der Waals surface area contributed by atoms with Gasteiger partial charge >= 0.3 is 0 Å². The fourth-order valence-corrected chi connectivity index (χ4v) is 1.07. The van der Waals surface area contributed by atoms with Crippen molar-refractivity contribution in [3.05, 3.63) is 29.3 Å². The fraction of sp³-hybridized carbons (Fsp3) is 0.417. The third-order valence-corrected chi connectivity index (χ3v) is 2.36. The Morgan fingerprint density at radius 1 is 1.31 bits per heavy atom. The summed E-state index contributed by atoms with van der Waals surface area (Å²) in [6, 6.07) is 3.60. The Morgan fingerprint density at radius 2 is 1.81 bits per heavy atom. The molecule has 0 aliphatic rings. The Hall–Kier alpha value is -1.63. The summed E-state index contributed by atoms with van der Waals surface area (Å²) >= 11 is 0. The summed E-state index contributed by atoms with van der Waals surface area (Å²) in [6.45, 7) is 5.34. The minimum Gasteiger partial charge on any atom is -0.482 e. The Bertz CT molecular complexity index is 412. The molecule has 0 radical (unpaired) electrons. The van der Waals surface area contributed by atoms with Gasteiger partial charge in [-0.2, -0.15) is 5.26 Å². The first-order valence-electron chi connectivity index (χ1n) is 4.98. The van der Waals surface area contributed by atoms with E-state index in [1.807, 2.05) is 6.92 Å². The van der Waals surface area contributed by atoms with Crippen LogP contribution in [0.2, 0.25) is 0 Å². The average Bonchev–Trinajstić information content (AvgIpc) is 2.23. The number of hydrogen-bond donors (Lipinski definition) is 0. The molecule has 0 atom stereocenters. The normalized spacial score (nSPS) is 11.0. The first-order chi connectivity index (χ1) is 7.39. The second-order valence-electron chi connectivity index (χ2n) is 4.10. The van der Waals surface area contributed by atoms with Crippen LogP contribution in [0.5, 0.6) is 5.75 Å². The van der Waals surface area contributed by atoms with E-state index in [9.17, 15) is 8.78 Å². The van der Waals surface area contributed by atoms with E-state index in [1.165, 1.54) is 0 Å². The number of hydrogen-bond acceptors (Lipinski definition) is 2. The van der Waals surface area contributed by atoms with E-state index in [0.717, 1.165) is 12.1 Å². The van der Waals surface area contributed by atoms with Crippen LogP contribution in [-0.2, 0) is 0 Å². The van der Waals surface area contributed by atoms with Gasteiger partial charge in [0, 0.05) is 0 Å². The van der Waals surface area contributed by atoms with Crippen molar-refractivity contribution in [3.8, 4) is 11.8 Å². The second kappa shape index (κ2) is 4.48. The van der Waals surface area contributed by atoms with Gasteiger partial charge in [0.15, 0.2) is 17.4 Å². The Morgan fingerprint density at radius 3 is 2.19 bits per heavy atom. The summed E-state index contributed by atoms with van der Waals surface area (Å²) in [4.78, 5) is 0. The molecule has 4 heteroatoms. The molecular formula is C12H13F2NO. The molecule has 0 spiro atoms. The molecule has 0 N–H and O–H groups in total. The summed E-state index contributed by atoms with van der Waals surface area (Å²) in [5.74, 6) is -2.12. The molecule has 0 aliphatic heterocycles. The first kappa shape index (κ1) is 12.4. The van der Waals surface area contributed by atoms with E-state index in [4.69, 9.17) is 10.00 Å². The van der Waals surface area contributed by atoms with Crippen molar-refractivity contribution < 1.29 is 13.5 Å². The molecule has 0 amide bonds. The van der Waals surface area contributed by atoms with Crippen molar-refractivity contribution in [2.45, 2.75) is 32.8 Å². The maximum absolute atomic E-state index is 13.4. The van der Waals surface area contributed by atoms with E-state index < -0.39 is 23.0 Å². The lowest BCUT2D eigenvalue weighted by atomic mass is 10.1. The van der Waals surface area contributed by atoms with E-state index in [-0.39, 0.29) is 5.56 Å². The molecule has 0 bridgehead atoms. The Balaban J connectivity index is 3.12. The predicted molar refractivity (Wildman–Crippen MR) is 56.1 cm³/mol. The van der Waals surface area contributed by atoms with Crippen molar-refractivity contribution in [1.29, 1.82) is 5.26 Å². The number of halogens is 2.